The molecule has 120 valence electrons. The Balaban J connectivity index is 2.01. The molecule has 0 saturated carbocycles. The zero-order chi connectivity index (χ0) is 16.1. The Kier molecular flexibility index (Phi) is 5.54. The topological polar surface area (TPSA) is 86.7 Å². The molecule has 1 fully saturated rings. The molecule has 1 saturated heterocycles. The molecular weight excluding hydrogens is 304 g/mol. The van der Waals surface area contributed by atoms with Crippen LogP contribution in [0.5, 0.6) is 0 Å². The highest BCUT2D eigenvalue weighted by Gasteiger charge is 2.30. The molecule has 2 heterocycles. The van der Waals surface area contributed by atoms with Gasteiger partial charge in [0.15, 0.2) is 0 Å². The lowest BCUT2D eigenvalue weighted by molar-refractivity contribution is -0.145. The van der Waals surface area contributed by atoms with Crippen molar-refractivity contribution in [1.29, 1.82) is 0 Å². The van der Waals surface area contributed by atoms with Gasteiger partial charge in [-0.05, 0) is 37.6 Å². The van der Waals surface area contributed by atoms with E-state index in [4.69, 9.17) is 5.11 Å². The molecule has 7 heteroatoms. The van der Waals surface area contributed by atoms with E-state index in [1.165, 1.54) is 16.2 Å². The summed E-state index contributed by atoms with van der Waals surface area (Å²) in [6.45, 7) is 1.92. The lowest BCUT2D eigenvalue weighted by Gasteiger charge is -2.24. The maximum atomic E-state index is 12.4. The Morgan fingerprint density at radius 2 is 2.27 bits per heavy atom. The van der Waals surface area contributed by atoms with Gasteiger partial charge in [0.25, 0.3) is 0 Å². The molecule has 2 rings (SSSR count). The fraction of sp³-hybridized carbons (Fsp3) is 0.533. The number of hydrogen-bond donors (Lipinski definition) is 2. The summed E-state index contributed by atoms with van der Waals surface area (Å²) in [7, 11) is 0. The van der Waals surface area contributed by atoms with Crippen molar-refractivity contribution in [2.45, 2.75) is 38.1 Å². The van der Waals surface area contributed by atoms with Gasteiger partial charge in [0.05, 0.1) is 5.92 Å². The van der Waals surface area contributed by atoms with Crippen LogP contribution >= 0.6 is 11.3 Å². The van der Waals surface area contributed by atoms with E-state index in [0.29, 0.717) is 13.0 Å². The molecule has 2 unspecified atom stereocenters. The Bertz CT molecular complexity index is 544. The van der Waals surface area contributed by atoms with Crippen molar-refractivity contribution in [3.8, 4) is 0 Å². The quantitative estimate of drug-likeness (QED) is 0.858. The molecule has 1 aromatic rings. The first-order valence-corrected chi connectivity index (χ1v) is 8.21. The minimum atomic E-state index is -1.03. The zero-order valence-corrected chi connectivity index (χ0v) is 13.3. The van der Waals surface area contributed by atoms with E-state index in [1.54, 1.807) is 6.92 Å². The minimum absolute atomic E-state index is 0.196. The second kappa shape index (κ2) is 7.40. The number of carbonyl (C=O) groups excluding carboxylic acids is 2. The average Bonchev–Trinajstić information content (AvgIpc) is 2.95. The van der Waals surface area contributed by atoms with Gasteiger partial charge in [-0.1, -0.05) is 6.07 Å². The number of likely N-dealkylation sites (tertiary alicyclic amines) is 1. The van der Waals surface area contributed by atoms with Crippen molar-refractivity contribution in [3.63, 3.8) is 0 Å². The number of amides is 2. The molecular formula is C15H20N2O4S. The molecule has 1 aliphatic rings. The van der Waals surface area contributed by atoms with Crippen LogP contribution in [0.1, 0.15) is 37.0 Å². The average molecular weight is 324 g/mol. The molecule has 2 atom stereocenters. The lowest BCUT2D eigenvalue weighted by Crippen LogP contribution is -2.49. The van der Waals surface area contributed by atoms with Gasteiger partial charge >= 0.3 is 5.97 Å². The molecule has 22 heavy (non-hydrogen) atoms. The van der Waals surface area contributed by atoms with Crippen LogP contribution in [0.3, 0.4) is 0 Å². The van der Waals surface area contributed by atoms with Crippen molar-refractivity contribution in [3.05, 3.63) is 22.4 Å². The Morgan fingerprint density at radius 3 is 2.91 bits per heavy atom. The molecule has 0 aliphatic carbocycles. The van der Waals surface area contributed by atoms with Gasteiger partial charge in [0.1, 0.15) is 12.6 Å². The first kappa shape index (κ1) is 16.5. The number of carboxylic acid groups (broad SMARTS) is 1. The van der Waals surface area contributed by atoms with E-state index >= 15 is 0 Å². The number of thiophene rings is 1. The predicted octanol–water partition coefficient (Wildman–Crippen LogP) is 1.43. The van der Waals surface area contributed by atoms with Gasteiger partial charge < -0.3 is 15.3 Å². The Labute approximate surface area is 133 Å². The monoisotopic (exact) mass is 324 g/mol. The number of rotatable bonds is 5. The third-order valence-electron chi connectivity index (χ3n) is 3.79. The second-order valence-corrected chi connectivity index (χ2v) is 6.43. The molecule has 1 aromatic heterocycles. The standard InChI is InChI=1S/C15H20N2O4S/c1-10(12-6-4-8-22-12)14(20)16-11-5-2-3-7-17(15(11)21)9-13(18)19/h4,6,8,10-11H,2-3,5,7,9H2,1H3,(H,16,20)(H,18,19). The van der Waals surface area contributed by atoms with Crippen LogP contribution in [0.25, 0.3) is 0 Å². The summed E-state index contributed by atoms with van der Waals surface area (Å²) in [4.78, 5) is 37.8. The summed E-state index contributed by atoms with van der Waals surface area (Å²) in [5.41, 5.74) is 0. The van der Waals surface area contributed by atoms with Crippen LogP contribution in [0, 0.1) is 0 Å². The lowest BCUT2D eigenvalue weighted by atomic mass is 10.1. The summed E-state index contributed by atoms with van der Waals surface area (Å²) in [5, 5.41) is 13.6. The number of carboxylic acids is 1. The van der Waals surface area contributed by atoms with E-state index in [9.17, 15) is 14.4 Å². The van der Waals surface area contributed by atoms with Crippen molar-refractivity contribution in [1.82, 2.24) is 10.2 Å². The van der Waals surface area contributed by atoms with Crippen LogP contribution in [0.2, 0.25) is 0 Å². The molecule has 0 spiro atoms. The summed E-state index contributed by atoms with van der Waals surface area (Å²) < 4.78 is 0. The first-order chi connectivity index (χ1) is 10.5. The summed E-state index contributed by atoms with van der Waals surface area (Å²) in [5.74, 6) is -1.85. The van der Waals surface area contributed by atoms with Crippen molar-refractivity contribution in [2.24, 2.45) is 0 Å². The highest BCUT2D eigenvalue weighted by molar-refractivity contribution is 7.10. The molecule has 0 aromatic carbocycles. The van der Waals surface area contributed by atoms with E-state index < -0.39 is 12.0 Å². The van der Waals surface area contributed by atoms with Gasteiger partial charge in [-0.15, -0.1) is 11.3 Å². The molecule has 6 nitrogen and oxygen atoms in total. The van der Waals surface area contributed by atoms with Crippen molar-refractivity contribution >= 4 is 29.1 Å². The van der Waals surface area contributed by atoms with Crippen LogP contribution in [-0.4, -0.2) is 46.9 Å². The number of carbonyl (C=O) groups is 3. The van der Waals surface area contributed by atoms with Crippen LogP contribution in [0.4, 0.5) is 0 Å². The number of hydrogen-bond acceptors (Lipinski definition) is 4. The van der Waals surface area contributed by atoms with Gasteiger partial charge in [0, 0.05) is 11.4 Å². The third-order valence-corrected chi connectivity index (χ3v) is 4.84. The van der Waals surface area contributed by atoms with Crippen molar-refractivity contribution < 1.29 is 19.5 Å². The van der Waals surface area contributed by atoms with E-state index in [0.717, 1.165) is 17.7 Å². The Hall–Kier alpha value is -1.89. The van der Waals surface area contributed by atoms with Gasteiger partial charge in [-0.2, -0.15) is 0 Å². The summed E-state index contributed by atoms with van der Waals surface area (Å²) in [6.07, 6.45) is 2.10. The molecule has 2 N–H and O–H groups in total. The largest absolute Gasteiger partial charge is 0.480 e. The van der Waals surface area contributed by atoms with Crippen molar-refractivity contribution in [2.75, 3.05) is 13.1 Å². The number of aliphatic carboxylic acids is 1. The SMILES string of the molecule is CC(C(=O)NC1CCCCN(CC(=O)O)C1=O)c1cccs1. The highest BCUT2D eigenvalue weighted by atomic mass is 32.1. The maximum absolute atomic E-state index is 12.4. The second-order valence-electron chi connectivity index (χ2n) is 5.45. The summed E-state index contributed by atoms with van der Waals surface area (Å²) in [6, 6.07) is 3.15. The smallest absolute Gasteiger partial charge is 0.323 e. The molecule has 1 aliphatic heterocycles. The number of nitrogens with one attached hydrogen (secondary N) is 1. The fourth-order valence-electron chi connectivity index (χ4n) is 2.52. The molecule has 0 bridgehead atoms. The van der Waals surface area contributed by atoms with Gasteiger partial charge in [-0.25, -0.2) is 0 Å². The van der Waals surface area contributed by atoms with Crippen LogP contribution < -0.4 is 5.32 Å². The Morgan fingerprint density at radius 1 is 1.50 bits per heavy atom. The number of nitrogens with zero attached hydrogens (tertiary/aromatic N) is 1. The van der Waals surface area contributed by atoms with Crippen LogP contribution in [0.15, 0.2) is 17.5 Å². The highest BCUT2D eigenvalue weighted by Crippen LogP contribution is 2.21. The molecule has 0 radical (unpaired) electrons. The van der Waals surface area contributed by atoms with E-state index in [2.05, 4.69) is 5.32 Å². The predicted molar refractivity (Wildman–Crippen MR) is 82.7 cm³/mol. The normalized spacial score (nSPS) is 20.3. The van der Waals surface area contributed by atoms with E-state index in [1.807, 2.05) is 17.5 Å². The first-order valence-electron chi connectivity index (χ1n) is 7.33. The van der Waals surface area contributed by atoms with E-state index in [-0.39, 0.29) is 24.3 Å². The van der Waals surface area contributed by atoms with Gasteiger partial charge in [0.2, 0.25) is 11.8 Å². The van der Waals surface area contributed by atoms with Gasteiger partial charge in [-0.3, -0.25) is 14.4 Å². The minimum Gasteiger partial charge on any atom is -0.480 e. The summed E-state index contributed by atoms with van der Waals surface area (Å²) >= 11 is 1.50. The zero-order valence-electron chi connectivity index (χ0n) is 12.4. The maximum Gasteiger partial charge on any atom is 0.323 e. The van der Waals surface area contributed by atoms with Crippen LogP contribution in [-0.2, 0) is 14.4 Å². The molecule has 2 amide bonds. The fourth-order valence-corrected chi connectivity index (χ4v) is 3.31. The third kappa shape index (κ3) is 4.07.